The molecule has 0 atom stereocenters. The van der Waals surface area contributed by atoms with Crippen LogP contribution in [-0.4, -0.2) is 23.9 Å². The Hall–Kier alpha value is -3.22. The molecule has 3 N–H and O–H groups in total. The molecule has 8 nitrogen and oxygen atoms in total. The standard InChI is InChI=1S/C16H14N4O4S/c1-11-2-3-14(10-18-11)19-9-12(8-17)16(21)20-13-4-6-15(7-5-13)25(22,23)24/h2-7,9-10,19H,1H3,(H,20,21)(H,22,23,24)/b12-9-. The molecule has 1 amide bonds. The van der Waals surface area contributed by atoms with Crippen molar-refractivity contribution in [2.45, 2.75) is 11.8 Å². The van der Waals surface area contributed by atoms with E-state index in [0.717, 1.165) is 17.8 Å². The first-order valence-corrected chi connectivity index (χ1v) is 8.42. The van der Waals surface area contributed by atoms with Gasteiger partial charge < -0.3 is 10.6 Å². The predicted molar refractivity (Wildman–Crippen MR) is 91.2 cm³/mol. The maximum atomic E-state index is 12.1. The van der Waals surface area contributed by atoms with Crippen LogP contribution in [0.15, 0.2) is 59.3 Å². The highest BCUT2D eigenvalue weighted by molar-refractivity contribution is 7.85. The minimum atomic E-state index is -4.30. The van der Waals surface area contributed by atoms with E-state index in [1.165, 1.54) is 18.3 Å². The van der Waals surface area contributed by atoms with Gasteiger partial charge in [-0.15, -0.1) is 0 Å². The van der Waals surface area contributed by atoms with Crippen molar-refractivity contribution in [2.75, 3.05) is 10.6 Å². The molecule has 9 heteroatoms. The lowest BCUT2D eigenvalue weighted by Gasteiger charge is -2.06. The third-order valence-corrected chi connectivity index (χ3v) is 3.94. The summed E-state index contributed by atoms with van der Waals surface area (Å²) in [5.74, 6) is -0.672. The Morgan fingerprint density at radius 2 is 1.84 bits per heavy atom. The van der Waals surface area contributed by atoms with Gasteiger partial charge in [-0.25, -0.2) is 0 Å². The molecule has 25 heavy (non-hydrogen) atoms. The van der Waals surface area contributed by atoms with Crippen LogP contribution >= 0.6 is 0 Å². The second kappa shape index (κ2) is 7.57. The predicted octanol–water partition coefficient (Wildman–Crippen LogP) is 2.09. The van der Waals surface area contributed by atoms with Gasteiger partial charge in [0, 0.05) is 17.6 Å². The summed E-state index contributed by atoms with van der Waals surface area (Å²) in [6.45, 7) is 1.83. The highest BCUT2D eigenvalue weighted by atomic mass is 32.2. The van der Waals surface area contributed by atoms with Gasteiger partial charge in [-0.05, 0) is 43.3 Å². The fourth-order valence-corrected chi connectivity index (χ4v) is 2.25. The summed E-state index contributed by atoms with van der Waals surface area (Å²) in [5, 5.41) is 14.4. The zero-order chi connectivity index (χ0) is 18.4. The molecule has 1 aromatic carbocycles. The lowest BCUT2D eigenvalue weighted by molar-refractivity contribution is -0.112. The topological polar surface area (TPSA) is 132 Å². The zero-order valence-electron chi connectivity index (χ0n) is 13.1. The van der Waals surface area contributed by atoms with Gasteiger partial charge in [-0.1, -0.05) is 0 Å². The minimum absolute atomic E-state index is 0.181. The van der Waals surface area contributed by atoms with Gasteiger partial charge in [-0.3, -0.25) is 14.3 Å². The summed E-state index contributed by atoms with van der Waals surface area (Å²) in [6.07, 6.45) is 2.81. The molecule has 0 radical (unpaired) electrons. The van der Waals surface area contributed by atoms with Crippen molar-refractivity contribution in [2.24, 2.45) is 0 Å². The van der Waals surface area contributed by atoms with E-state index in [9.17, 15) is 13.2 Å². The Morgan fingerprint density at radius 1 is 1.20 bits per heavy atom. The smallest absolute Gasteiger partial charge is 0.294 e. The molecule has 0 spiro atoms. The number of amides is 1. The van der Waals surface area contributed by atoms with Crippen molar-refractivity contribution >= 4 is 27.4 Å². The molecule has 0 aliphatic heterocycles. The van der Waals surface area contributed by atoms with E-state index in [1.54, 1.807) is 24.4 Å². The molecule has 0 saturated heterocycles. The van der Waals surface area contributed by atoms with Gasteiger partial charge in [0.15, 0.2) is 0 Å². The second-order valence-corrected chi connectivity index (χ2v) is 6.38. The third kappa shape index (κ3) is 5.13. The van der Waals surface area contributed by atoms with Crippen molar-refractivity contribution in [1.29, 1.82) is 5.26 Å². The Balaban J connectivity index is 2.08. The van der Waals surface area contributed by atoms with Crippen LogP contribution in [0.4, 0.5) is 11.4 Å². The first-order chi connectivity index (χ1) is 11.8. The maximum absolute atomic E-state index is 12.1. The van der Waals surface area contributed by atoms with E-state index in [4.69, 9.17) is 9.81 Å². The summed E-state index contributed by atoms with van der Waals surface area (Å²) in [7, 11) is -4.30. The second-order valence-electron chi connectivity index (χ2n) is 4.96. The lowest BCUT2D eigenvalue weighted by Crippen LogP contribution is -2.14. The molecular weight excluding hydrogens is 344 g/mol. The molecule has 2 rings (SSSR count). The number of pyridine rings is 1. The summed E-state index contributed by atoms with van der Waals surface area (Å²) in [6, 6.07) is 10.2. The number of hydrogen-bond donors (Lipinski definition) is 3. The van der Waals surface area contributed by atoms with Crippen LogP contribution in [0, 0.1) is 18.3 Å². The fraction of sp³-hybridized carbons (Fsp3) is 0.0625. The molecule has 128 valence electrons. The molecule has 0 bridgehead atoms. The number of aryl methyl sites for hydroxylation is 1. The van der Waals surface area contributed by atoms with Crippen LogP contribution in [0.25, 0.3) is 0 Å². The number of rotatable bonds is 5. The molecule has 0 unspecified atom stereocenters. The van der Waals surface area contributed by atoms with Gasteiger partial charge in [0.1, 0.15) is 11.6 Å². The maximum Gasteiger partial charge on any atom is 0.294 e. The Kier molecular flexibility index (Phi) is 5.49. The van der Waals surface area contributed by atoms with Crippen molar-refractivity contribution in [3.8, 4) is 6.07 Å². The van der Waals surface area contributed by atoms with E-state index >= 15 is 0 Å². The van der Waals surface area contributed by atoms with E-state index in [1.807, 2.05) is 6.92 Å². The van der Waals surface area contributed by atoms with Gasteiger partial charge in [-0.2, -0.15) is 13.7 Å². The van der Waals surface area contributed by atoms with Crippen molar-refractivity contribution in [3.63, 3.8) is 0 Å². The van der Waals surface area contributed by atoms with Crippen molar-refractivity contribution in [1.82, 2.24) is 4.98 Å². The average molecular weight is 358 g/mol. The average Bonchev–Trinajstić information content (AvgIpc) is 2.56. The molecule has 0 aliphatic carbocycles. The number of nitrogens with zero attached hydrogens (tertiary/aromatic N) is 2. The van der Waals surface area contributed by atoms with E-state index in [0.29, 0.717) is 5.69 Å². The number of hydrogen-bond acceptors (Lipinski definition) is 6. The molecule has 0 saturated carbocycles. The van der Waals surface area contributed by atoms with Gasteiger partial charge in [0.2, 0.25) is 0 Å². The number of carbonyl (C=O) groups excluding carboxylic acids is 1. The minimum Gasteiger partial charge on any atom is -0.359 e. The monoisotopic (exact) mass is 358 g/mol. The third-order valence-electron chi connectivity index (χ3n) is 3.07. The molecule has 0 aliphatic rings. The van der Waals surface area contributed by atoms with Crippen molar-refractivity contribution < 1.29 is 17.8 Å². The summed E-state index contributed by atoms with van der Waals surface area (Å²) >= 11 is 0. The summed E-state index contributed by atoms with van der Waals surface area (Å²) < 4.78 is 30.8. The number of anilines is 2. The lowest BCUT2D eigenvalue weighted by atomic mass is 10.2. The van der Waals surface area contributed by atoms with E-state index in [2.05, 4.69) is 15.6 Å². The number of nitrogens with one attached hydrogen (secondary N) is 2. The molecular formula is C16H14N4O4S. The number of nitriles is 1. The first kappa shape index (κ1) is 18.1. The number of aromatic nitrogens is 1. The van der Waals surface area contributed by atoms with Crippen LogP contribution < -0.4 is 10.6 Å². The number of benzene rings is 1. The molecule has 1 heterocycles. The normalized spacial score (nSPS) is 11.5. The van der Waals surface area contributed by atoms with Crippen LogP contribution in [0.5, 0.6) is 0 Å². The Morgan fingerprint density at radius 3 is 2.36 bits per heavy atom. The van der Waals surface area contributed by atoms with Crippen LogP contribution in [0.3, 0.4) is 0 Å². The SMILES string of the molecule is Cc1ccc(N/C=C(/C#N)C(=O)Nc2ccc(S(=O)(=O)O)cc2)cn1. The van der Waals surface area contributed by atoms with Gasteiger partial charge in [0.25, 0.3) is 16.0 Å². The van der Waals surface area contributed by atoms with Crippen LogP contribution in [0.1, 0.15) is 5.69 Å². The fourth-order valence-electron chi connectivity index (χ4n) is 1.77. The zero-order valence-corrected chi connectivity index (χ0v) is 13.9. The summed E-state index contributed by atoms with van der Waals surface area (Å²) in [5.41, 5.74) is 1.54. The van der Waals surface area contributed by atoms with E-state index in [-0.39, 0.29) is 16.2 Å². The van der Waals surface area contributed by atoms with Crippen LogP contribution in [0.2, 0.25) is 0 Å². The van der Waals surface area contributed by atoms with Crippen LogP contribution in [-0.2, 0) is 14.9 Å². The van der Waals surface area contributed by atoms with Gasteiger partial charge >= 0.3 is 0 Å². The van der Waals surface area contributed by atoms with Gasteiger partial charge in [0.05, 0.1) is 16.8 Å². The highest BCUT2D eigenvalue weighted by Gasteiger charge is 2.12. The first-order valence-electron chi connectivity index (χ1n) is 6.98. The van der Waals surface area contributed by atoms with E-state index < -0.39 is 16.0 Å². The Bertz CT molecular complexity index is 943. The Labute approximate surface area is 144 Å². The highest BCUT2D eigenvalue weighted by Crippen LogP contribution is 2.14. The molecule has 2 aromatic rings. The molecule has 1 aromatic heterocycles. The quantitative estimate of drug-likeness (QED) is 0.423. The van der Waals surface area contributed by atoms with Crippen molar-refractivity contribution in [3.05, 3.63) is 60.1 Å². The largest absolute Gasteiger partial charge is 0.359 e. The summed E-state index contributed by atoms with van der Waals surface area (Å²) in [4.78, 5) is 15.9. The molecule has 0 fully saturated rings. The number of carbonyl (C=O) groups is 1.